The predicted molar refractivity (Wildman–Crippen MR) is 237 cm³/mol. The summed E-state index contributed by atoms with van der Waals surface area (Å²) >= 11 is 0. The van der Waals surface area contributed by atoms with Crippen LogP contribution in [-0.4, -0.2) is 205 Å². The molecule has 0 radical (unpaired) electrons. The molecule has 0 aromatic carbocycles. The van der Waals surface area contributed by atoms with Gasteiger partial charge >= 0.3 is 12.2 Å². The summed E-state index contributed by atoms with van der Waals surface area (Å²) in [6, 6.07) is -1.09. The fourth-order valence-corrected chi connectivity index (χ4v) is 10.1. The number of ketones is 2. The van der Waals surface area contributed by atoms with Gasteiger partial charge < -0.3 is 69.0 Å². The topological polar surface area (TPSA) is 249 Å². The third kappa shape index (κ3) is 10.1. The second-order valence-corrected chi connectivity index (χ2v) is 17.8. The van der Waals surface area contributed by atoms with Gasteiger partial charge in [0.05, 0.1) is 57.9 Å². The number of fused-ring (bicyclic) bond motifs is 3. The largest absolute Gasteiger partial charge is 0.493 e. The quantitative estimate of drug-likeness (QED) is 0.0442. The van der Waals surface area contributed by atoms with Crippen LogP contribution < -0.4 is 10.6 Å². The summed E-state index contributed by atoms with van der Waals surface area (Å²) in [6.45, 7) is 10.4. The second-order valence-electron chi connectivity index (χ2n) is 17.8. The van der Waals surface area contributed by atoms with Gasteiger partial charge in [0.1, 0.15) is 24.5 Å². The lowest BCUT2D eigenvalue weighted by molar-refractivity contribution is -0.208. The van der Waals surface area contributed by atoms with E-state index in [0.29, 0.717) is 24.1 Å². The molecule has 10 atom stereocenters. The Hall–Kier alpha value is -4.67. The number of amides is 3. The van der Waals surface area contributed by atoms with E-state index in [-0.39, 0.29) is 113 Å². The first-order valence-corrected chi connectivity index (χ1v) is 22.9. The highest BCUT2D eigenvalue weighted by molar-refractivity contribution is 6.22. The van der Waals surface area contributed by atoms with E-state index in [1.54, 1.807) is 32.7 Å². The summed E-state index contributed by atoms with van der Waals surface area (Å²) in [6.07, 6.45) is 1.87. The van der Waals surface area contributed by atoms with E-state index in [2.05, 4.69) is 24.5 Å². The molecule has 20 heteroatoms. The van der Waals surface area contributed by atoms with Crippen LogP contribution in [0.5, 0.6) is 0 Å². The number of likely N-dealkylation sites (N-methyl/N-ethyl adjacent to an activating group) is 2. The van der Waals surface area contributed by atoms with Crippen molar-refractivity contribution in [1.82, 2.24) is 30.2 Å². The van der Waals surface area contributed by atoms with Crippen molar-refractivity contribution >= 4 is 29.7 Å². The van der Waals surface area contributed by atoms with Gasteiger partial charge in [0, 0.05) is 75.5 Å². The van der Waals surface area contributed by atoms with E-state index in [0.717, 1.165) is 12.5 Å². The summed E-state index contributed by atoms with van der Waals surface area (Å²) in [7, 11) is 4.35. The number of nitrogens with one attached hydrogen (secondary N) is 2. The average molecular weight is 929 g/mol. The molecule has 5 aliphatic heterocycles. The summed E-state index contributed by atoms with van der Waals surface area (Å²) in [5.74, 6) is -1.94. The molecule has 6 N–H and O–H groups in total. The molecule has 1 aliphatic carbocycles. The van der Waals surface area contributed by atoms with Crippen LogP contribution in [-0.2, 0) is 38.1 Å². The molecular formula is C46H68N6O14. The number of rotatable bonds is 19. The lowest BCUT2D eigenvalue weighted by atomic mass is 9.76. The number of carbonyl (C=O) groups excluding carboxylic acids is 5. The third-order valence-corrected chi connectivity index (χ3v) is 14.0. The molecule has 1 saturated heterocycles. The number of aliphatic hydroxyl groups excluding tert-OH is 3. The maximum absolute atomic E-state index is 13.8. The van der Waals surface area contributed by atoms with Crippen LogP contribution in [0.3, 0.4) is 0 Å². The van der Waals surface area contributed by atoms with Gasteiger partial charge in [-0.1, -0.05) is 32.4 Å². The first-order valence-electron chi connectivity index (χ1n) is 22.9. The SMILES string of the molecule is CCC1=C2CN3C(=O)C4=C(CC3C2NC(/C=C\C(C)OC(=O)N(C)CCN(C)C(=O)OCC2C3=C(C(=O)C=C(OC)C3=O)N(CC(O)NCCOCCO)C2C)C1C)C(O)(CC)C(O)OC4. The van der Waals surface area contributed by atoms with Crippen molar-refractivity contribution in [3.63, 3.8) is 0 Å². The number of Topliss-reactive ketones (excluding diaryl/α,β-unsaturated/α-hetero) is 1. The zero-order chi connectivity index (χ0) is 48.2. The molecule has 5 heterocycles. The third-order valence-electron chi connectivity index (χ3n) is 14.0. The van der Waals surface area contributed by atoms with Crippen LogP contribution in [0.4, 0.5) is 9.59 Å². The number of β-amino-alcohol motifs (C(OH)–C–C–N with tert-alkyl or cyclic N) is 1. The van der Waals surface area contributed by atoms with Gasteiger partial charge in [-0.15, -0.1) is 0 Å². The smallest absolute Gasteiger partial charge is 0.410 e. The highest BCUT2D eigenvalue weighted by Gasteiger charge is 2.55. The Balaban J connectivity index is 1.00. The van der Waals surface area contributed by atoms with Gasteiger partial charge in [-0.05, 0) is 56.3 Å². The second kappa shape index (κ2) is 21.5. The maximum atomic E-state index is 13.8. The molecular weight excluding hydrogens is 861 g/mol. The number of aliphatic hydroxyl groups is 4. The van der Waals surface area contributed by atoms with Crippen molar-refractivity contribution in [2.75, 3.05) is 87.0 Å². The van der Waals surface area contributed by atoms with E-state index in [4.69, 9.17) is 28.8 Å². The van der Waals surface area contributed by atoms with Gasteiger partial charge in [-0.2, -0.15) is 0 Å². The van der Waals surface area contributed by atoms with Crippen molar-refractivity contribution in [2.45, 2.75) is 102 Å². The average Bonchev–Trinajstić information content (AvgIpc) is 3.80. The Labute approximate surface area is 385 Å². The molecule has 3 amide bonds. The molecule has 6 aliphatic rings. The molecule has 1 fully saturated rings. The van der Waals surface area contributed by atoms with Crippen molar-refractivity contribution in [1.29, 1.82) is 0 Å². The zero-order valence-corrected chi connectivity index (χ0v) is 39.3. The molecule has 10 unspecified atom stereocenters. The fraction of sp³-hybridized carbons (Fsp3) is 0.674. The first-order chi connectivity index (χ1) is 31.4. The summed E-state index contributed by atoms with van der Waals surface area (Å²) in [5.41, 5.74) is 1.99. The number of carbonyl (C=O) groups is 5. The molecule has 6 rings (SSSR count). The molecule has 20 nitrogen and oxygen atoms in total. The molecule has 0 aromatic rings. The lowest BCUT2D eigenvalue weighted by Gasteiger charge is -2.46. The van der Waals surface area contributed by atoms with Gasteiger partial charge in [0.2, 0.25) is 11.6 Å². The Bertz CT molecular complexity index is 2040. The van der Waals surface area contributed by atoms with E-state index in [1.807, 2.05) is 17.1 Å². The summed E-state index contributed by atoms with van der Waals surface area (Å²) < 4.78 is 27.3. The van der Waals surface area contributed by atoms with Gasteiger partial charge in [0.25, 0.3) is 5.91 Å². The van der Waals surface area contributed by atoms with Gasteiger partial charge in [0.15, 0.2) is 12.0 Å². The first kappa shape index (κ1) is 50.7. The highest BCUT2D eigenvalue weighted by atomic mass is 16.6. The van der Waals surface area contributed by atoms with E-state index >= 15 is 0 Å². The Kier molecular flexibility index (Phi) is 16.5. The maximum Gasteiger partial charge on any atom is 0.410 e. The van der Waals surface area contributed by atoms with Crippen LogP contribution in [0.25, 0.3) is 0 Å². The predicted octanol–water partition coefficient (Wildman–Crippen LogP) is 0.325. The Morgan fingerprint density at radius 1 is 1.12 bits per heavy atom. The van der Waals surface area contributed by atoms with Crippen LogP contribution >= 0.6 is 0 Å². The van der Waals surface area contributed by atoms with Gasteiger partial charge in [-0.3, -0.25) is 19.7 Å². The monoisotopic (exact) mass is 928 g/mol. The molecule has 0 spiro atoms. The number of allylic oxidation sites excluding steroid dienone is 2. The minimum Gasteiger partial charge on any atom is -0.493 e. The van der Waals surface area contributed by atoms with Crippen LogP contribution in [0.2, 0.25) is 0 Å². The van der Waals surface area contributed by atoms with Crippen molar-refractivity contribution in [3.8, 4) is 0 Å². The fourth-order valence-electron chi connectivity index (χ4n) is 10.1. The van der Waals surface area contributed by atoms with E-state index in [9.17, 15) is 39.3 Å². The van der Waals surface area contributed by atoms with Crippen LogP contribution in [0, 0.1) is 11.8 Å². The van der Waals surface area contributed by atoms with E-state index < -0.39 is 59.9 Å². The minimum absolute atomic E-state index is 0.0450. The number of methoxy groups -OCH3 is 1. The highest BCUT2D eigenvalue weighted by Crippen LogP contribution is 2.46. The molecule has 366 valence electrons. The molecule has 66 heavy (non-hydrogen) atoms. The van der Waals surface area contributed by atoms with Crippen LogP contribution in [0.1, 0.15) is 53.9 Å². The normalized spacial score (nSPS) is 29.4. The zero-order valence-electron chi connectivity index (χ0n) is 39.3. The Morgan fingerprint density at radius 3 is 2.50 bits per heavy atom. The number of nitrogens with zero attached hydrogens (tertiary/aromatic N) is 4. The molecule has 0 aromatic heterocycles. The summed E-state index contributed by atoms with van der Waals surface area (Å²) in [4.78, 5) is 73.1. The minimum atomic E-state index is -1.64. The van der Waals surface area contributed by atoms with Crippen molar-refractivity contribution in [2.24, 2.45) is 11.8 Å². The summed E-state index contributed by atoms with van der Waals surface area (Å²) in [5, 5.41) is 48.3. The lowest BCUT2D eigenvalue weighted by Crippen LogP contribution is -2.58. The number of ether oxygens (including phenoxy) is 5. The van der Waals surface area contributed by atoms with E-state index in [1.165, 1.54) is 35.1 Å². The van der Waals surface area contributed by atoms with Crippen LogP contribution in [0.15, 0.2) is 57.5 Å². The molecule has 0 saturated carbocycles. The van der Waals surface area contributed by atoms with Crippen molar-refractivity contribution < 1.29 is 68.1 Å². The number of hydrogen-bond donors (Lipinski definition) is 6. The van der Waals surface area contributed by atoms with Gasteiger partial charge in [-0.25, -0.2) is 9.59 Å². The van der Waals surface area contributed by atoms with Crippen molar-refractivity contribution in [3.05, 3.63) is 57.5 Å². The number of hydrogen-bond acceptors (Lipinski definition) is 17. The Morgan fingerprint density at radius 2 is 1.83 bits per heavy atom. The molecule has 0 bridgehead atoms. The standard InChI is InChI=1S/C46H68N6O14/c1-9-28-26(4)33(48-39-29(28)21-52-34(39)19-32-31(42(52)57)24-64-43(58)46(32,61)10-2)12-11-25(3)66-45(60)50(7)15-14-49(6)44(59)65-23-30-27(5)51(22-37(55)47-13-17-63-18-16-53)40-35(54)20-36(62-8)41(56)38(30)40/h11-12,20,25-27,30,33-34,37,39,43,47-48,53,55,58,61H,9-10,13-19,21-24H2,1-8H3/b12-11-.